The average molecular weight is 422 g/mol. The van der Waals surface area contributed by atoms with E-state index in [1.54, 1.807) is 40.1 Å². The van der Waals surface area contributed by atoms with Crippen molar-refractivity contribution in [1.82, 2.24) is 29.9 Å². The molecule has 2 aromatic rings. The molecule has 0 atom stereocenters. The lowest BCUT2D eigenvalue weighted by Gasteiger charge is -2.17. The lowest BCUT2D eigenvalue weighted by atomic mass is 10.7. The van der Waals surface area contributed by atoms with Crippen LogP contribution in [0.1, 0.15) is 0 Å². The maximum atomic E-state index is 11.4. The number of carbonyl (C=O) groups is 1. The van der Waals surface area contributed by atoms with Crippen LogP contribution in [0, 0.1) is 0 Å². The maximum Gasteiger partial charge on any atom is 0.416 e. The van der Waals surface area contributed by atoms with Crippen LogP contribution in [-0.4, -0.2) is 99.5 Å². The van der Waals surface area contributed by atoms with Crippen molar-refractivity contribution in [3.8, 4) is 0 Å². The summed E-state index contributed by atoms with van der Waals surface area (Å²) in [5.74, 6) is 2.80. The van der Waals surface area contributed by atoms with Crippen LogP contribution in [0.5, 0.6) is 0 Å². The molecule has 0 saturated carbocycles. The molecule has 2 rings (SSSR count). The van der Waals surface area contributed by atoms with Gasteiger partial charge in [0.1, 0.15) is 0 Å². The van der Waals surface area contributed by atoms with Gasteiger partial charge in [-0.1, -0.05) is 0 Å². The van der Waals surface area contributed by atoms with Gasteiger partial charge in [0, 0.05) is 56.4 Å². The fraction of sp³-hybridized carbons (Fsp3) is 0.562. The van der Waals surface area contributed by atoms with Crippen molar-refractivity contribution in [3.63, 3.8) is 0 Å². The number of rotatable bonds is 6. The van der Waals surface area contributed by atoms with E-state index in [9.17, 15) is 4.79 Å². The predicted molar refractivity (Wildman–Crippen MR) is 118 cm³/mol. The van der Waals surface area contributed by atoms with Gasteiger partial charge in [-0.3, -0.25) is 0 Å². The molecule has 3 N–H and O–H groups in total. The summed E-state index contributed by atoms with van der Waals surface area (Å²) in [7, 11) is 15.4. The quantitative estimate of drug-likeness (QED) is 0.582. The first kappa shape index (κ1) is 24.3. The van der Waals surface area contributed by atoms with Crippen molar-refractivity contribution < 1.29 is 9.53 Å². The van der Waals surface area contributed by atoms with Gasteiger partial charge in [0.15, 0.2) is 0 Å². The largest absolute Gasteiger partial charge is 0.452 e. The van der Waals surface area contributed by atoms with Gasteiger partial charge >= 0.3 is 6.09 Å². The average Bonchev–Trinajstić information content (AvgIpc) is 2.77. The van der Waals surface area contributed by atoms with Crippen LogP contribution in [-0.2, 0) is 4.74 Å². The summed E-state index contributed by atoms with van der Waals surface area (Å²) in [6.45, 7) is 0. The molecule has 0 saturated heterocycles. The summed E-state index contributed by atoms with van der Waals surface area (Å²) in [6, 6.07) is 0. The zero-order valence-corrected chi connectivity index (χ0v) is 18.8. The molecule has 0 fully saturated rings. The lowest BCUT2D eigenvalue weighted by molar-refractivity contribution is 0.180. The number of aromatic nitrogens is 6. The van der Waals surface area contributed by atoms with Gasteiger partial charge in [-0.05, 0) is 0 Å². The van der Waals surface area contributed by atoms with Crippen molar-refractivity contribution in [2.24, 2.45) is 0 Å². The van der Waals surface area contributed by atoms with Crippen LogP contribution in [0.4, 0.5) is 40.5 Å². The van der Waals surface area contributed by atoms with E-state index >= 15 is 0 Å². The number of nitrogens with zero attached hydrogens (tertiary/aromatic N) is 9. The molecule has 2 aromatic heterocycles. The molecule has 0 bridgehead atoms. The second-order valence-corrected chi connectivity index (χ2v) is 6.11. The van der Waals surface area contributed by atoms with Crippen LogP contribution in [0.2, 0.25) is 0 Å². The van der Waals surface area contributed by atoms with Gasteiger partial charge in [-0.15, -0.1) is 0 Å². The van der Waals surface area contributed by atoms with E-state index in [-0.39, 0.29) is 5.95 Å². The molecule has 2 heterocycles. The summed E-state index contributed by atoms with van der Waals surface area (Å²) in [5.41, 5.74) is 0. The third kappa shape index (κ3) is 6.72. The van der Waals surface area contributed by atoms with Crippen molar-refractivity contribution in [2.45, 2.75) is 0 Å². The first-order valence-corrected chi connectivity index (χ1v) is 8.88. The molecule has 0 spiro atoms. The van der Waals surface area contributed by atoms with E-state index in [1.165, 1.54) is 19.1 Å². The highest BCUT2D eigenvalue weighted by atomic mass is 16.5. The zero-order chi connectivity index (χ0) is 22.8. The summed E-state index contributed by atoms with van der Waals surface area (Å²) < 4.78 is 4.59. The molecule has 0 aliphatic heterocycles. The molecular formula is C16H30N12O2. The van der Waals surface area contributed by atoms with Gasteiger partial charge < -0.3 is 30.5 Å². The number of methoxy groups -OCH3 is 1. The Labute approximate surface area is 176 Å². The zero-order valence-electron chi connectivity index (χ0n) is 18.8. The van der Waals surface area contributed by atoms with Gasteiger partial charge in [-0.25, -0.2) is 9.69 Å². The number of amides is 1. The summed E-state index contributed by atoms with van der Waals surface area (Å²) in [4.78, 5) is 40.8. The first-order valence-electron chi connectivity index (χ1n) is 8.88. The molecule has 0 aliphatic carbocycles. The van der Waals surface area contributed by atoms with Crippen LogP contribution in [0.25, 0.3) is 0 Å². The van der Waals surface area contributed by atoms with Gasteiger partial charge in [0.05, 0.1) is 7.11 Å². The number of anilines is 6. The van der Waals surface area contributed by atoms with Crippen LogP contribution >= 0.6 is 0 Å². The van der Waals surface area contributed by atoms with Crippen molar-refractivity contribution in [1.29, 1.82) is 0 Å². The highest BCUT2D eigenvalue weighted by Gasteiger charge is 2.16. The van der Waals surface area contributed by atoms with Crippen LogP contribution < -0.4 is 30.7 Å². The third-order valence-corrected chi connectivity index (χ3v) is 3.45. The highest BCUT2D eigenvalue weighted by molar-refractivity contribution is 5.84. The van der Waals surface area contributed by atoms with E-state index in [1.807, 2.05) is 19.0 Å². The molecule has 14 nitrogen and oxygen atoms in total. The van der Waals surface area contributed by atoms with Crippen molar-refractivity contribution in [3.05, 3.63) is 0 Å². The van der Waals surface area contributed by atoms with Crippen LogP contribution in [0.15, 0.2) is 0 Å². The number of hydrogen-bond donors (Lipinski definition) is 3. The Morgan fingerprint density at radius 1 is 0.667 bits per heavy atom. The first-order chi connectivity index (χ1) is 14.2. The third-order valence-electron chi connectivity index (χ3n) is 3.45. The summed E-state index contributed by atoms with van der Waals surface area (Å²) >= 11 is 0. The SMILES string of the molecule is CNc1nc(N(C)C)nc(N(C)C(=O)OC)n1.CNc1nc(NC)nc(N(C)C)n1. The molecule has 0 unspecified atom stereocenters. The molecule has 0 aromatic carbocycles. The Morgan fingerprint density at radius 2 is 1.03 bits per heavy atom. The fourth-order valence-electron chi connectivity index (χ4n) is 1.82. The molecule has 0 aliphatic rings. The summed E-state index contributed by atoms with van der Waals surface area (Å²) in [6.07, 6.45) is -0.539. The smallest absolute Gasteiger partial charge is 0.416 e. The highest BCUT2D eigenvalue weighted by Crippen LogP contribution is 2.14. The van der Waals surface area contributed by atoms with E-state index in [0.717, 1.165) is 0 Å². The second kappa shape index (κ2) is 11.3. The minimum absolute atomic E-state index is 0.222. The minimum Gasteiger partial charge on any atom is -0.452 e. The number of nitrogens with one attached hydrogen (secondary N) is 3. The molecule has 14 heteroatoms. The Balaban J connectivity index is 0.000000311. The topological polar surface area (TPSA) is 149 Å². The Hall–Kier alpha value is -3.71. The van der Waals surface area contributed by atoms with Gasteiger partial charge in [-0.2, -0.15) is 29.9 Å². The summed E-state index contributed by atoms with van der Waals surface area (Å²) in [5, 5.41) is 8.54. The molecule has 166 valence electrons. The number of carbonyl (C=O) groups excluding carboxylic acids is 1. The monoisotopic (exact) mass is 422 g/mol. The lowest BCUT2D eigenvalue weighted by Crippen LogP contribution is -2.29. The van der Waals surface area contributed by atoms with Gasteiger partial charge in [0.25, 0.3) is 0 Å². The van der Waals surface area contributed by atoms with Crippen LogP contribution in [0.3, 0.4) is 0 Å². The van der Waals surface area contributed by atoms with E-state index in [0.29, 0.717) is 29.7 Å². The Morgan fingerprint density at radius 3 is 1.40 bits per heavy atom. The van der Waals surface area contributed by atoms with Gasteiger partial charge in [0.2, 0.25) is 35.7 Å². The molecule has 30 heavy (non-hydrogen) atoms. The van der Waals surface area contributed by atoms with E-state index < -0.39 is 6.09 Å². The maximum absolute atomic E-state index is 11.4. The van der Waals surface area contributed by atoms with E-state index in [4.69, 9.17) is 0 Å². The molecule has 0 radical (unpaired) electrons. The second-order valence-electron chi connectivity index (χ2n) is 6.11. The predicted octanol–water partition coefficient (Wildman–Crippen LogP) is 0.203. The van der Waals surface area contributed by atoms with Crippen molar-refractivity contribution in [2.75, 3.05) is 94.1 Å². The Kier molecular flexibility index (Phi) is 9.19. The fourth-order valence-corrected chi connectivity index (χ4v) is 1.82. The number of ether oxygens (including phenoxy) is 1. The van der Waals surface area contributed by atoms with E-state index in [2.05, 4.69) is 50.6 Å². The van der Waals surface area contributed by atoms with Crippen molar-refractivity contribution >= 4 is 41.8 Å². The molecule has 1 amide bonds. The standard InChI is InChI=1S/C9H16N6O2.C7H14N6/c1-10-6-11-7(14(2)3)13-8(12-6)15(4)9(16)17-5;1-8-5-10-6(9-2)12-7(11-5)13(3)4/h1-5H3,(H,10,11,12,13);1-4H3,(H2,8,9,10,11,12). The molecular weight excluding hydrogens is 392 g/mol. The Bertz CT molecular complexity index is 808. The number of hydrogen-bond acceptors (Lipinski definition) is 13. The normalized spacial score (nSPS) is 9.63. The minimum atomic E-state index is -0.539.